The summed E-state index contributed by atoms with van der Waals surface area (Å²) in [6, 6.07) is 5.63. The normalized spacial score (nSPS) is 11.4. The standard InChI is InChI=1S/C15H12BrClF4N2O2.C14H15N5O6S/c1-6(2)25-14(24)7-4-8(10(18)5-9(7)17)12-11(16)13(15(19,20)21)23(3)22-12;1-8-15-12(17-13(16-8)25-3)19(2)14(22)18-26(23,24)10-7-5-4-6-9(10)11(20)21/h4-6H,1-3H3;4-7H,1-3H3,(H,18,22)(H,20,21). The number of rotatable bonds is 8. The molecule has 4 aromatic rings. The highest BCUT2D eigenvalue weighted by atomic mass is 79.9. The SMILES string of the molecule is CC(C)OC(=O)c1cc(-c2nn(C)c(C(F)(F)F)c2Br)c(F)cc1Cl.COc1nc(C)nc(N(C)C(=O)NS(=O)(=O)c2ccccc2C(=O)O)n1. The lowest BCUT2D eigenvalue weighted by molar-refractivity contribution is -0.144. The van der Waals surface area contributed by atoms with E-state index in [1.54, 1.807) is 25.5 Å². The van der Waals surface area contributed by atoms with Gasteiger partial charge >= 0.3 is 30.2 Å². The Morgan fingerprint density at radius 3 is 2.27 bits per heavy atom. The minimum atomic E-state index is -4.69. The Kier molecular flexibility index (Phi) is 12.7. The predicted molar refractivity (Wildman–Crippen MR) is 176 cm³/mol. The number of nitrogens with one attached hydrogen (secondary N) is 1. The highest BCUT2D eigenvalue weighted by Crippen LogP contribution is 2.41. The van der Waals surface area contributed by atoms with Crippen molar-refractivity contribution < 1.29 is 54.9 Å². The fourth-order valence-corrected chi connectivity index (χ4v) is 6.22. The number of anilines is 1. The number of esters is 1. The van der Waals surface area contributed by atoms with E-state index >= 15 is 0 Å². The first kappa shape index (κ1) is 40.5. The van der Waals surface area contributed by atoms with Crippen LogP contribution >= 0.6 is 27.5 Å². The summed E-state index contributed by atoms with van der Waals surface area (Å²) in [4.78, 5) is 47.4. The average Bonchev–Trinajstić information content (AvgIpc) is 3.33. The van der Waals surface area contributed by atoms with Gasteiger partial charge in [-0.2, -0.15) is 33.2 Å². The van der Waals surface area contributed by atoms with Gasteiger partial charge in [-0.25, -0.2) is 31.9 Å². The summed E-state index contributed by atoms with van der Waals surface area (Å²) >= 11 is 8.67. The molecule has 15 nitrogen and oxygen atoms in total. The number of carbonyl (C=O) groups excluding carboxylic acids is 2. The first-order valence-corrected chi connectivity index (χ1v) is 16.6. The molecule has 0 aliphatic heterocycles. The number of carboxylic acids is 1. The van der Waals surface area contributed by atoms with Gasteiger partial charge in [-0.3, -0.25) is 9.58 Å². The number of sulfonamides is 1. The summed E-state index contributed by atoms with van der Waals surface area (Å²) in [7, 11) is -0.793. The van der Waals surface area contributed by atoms with E-state index in [2.05, 4.69) is 36.0 Å². The van der Waals surface area contributed by atoms with Crippen LogP contribution in [0.5, 0.6) is 6.01 Å². The Hall–Kier alpha value is -4.89. The van der Waals surface area contributed by atoms with E-state index in [1.165, 1.54) is 26.3 Å². The molecule has 0 aliphatic carbocycles. The number of aryl methyl sites for hydroxylation is 2. The van der Waals surface area contributed by atoms with Gasteiger partial charge in [-0.05, 0) is 61.0 Å². The Labute approximate surface area is 300 Å². The number of ether oxygens (including phenoxy) is 2. The molecule has 0 spiro atoms. The lowest BCUT2D eigenvalue weighted by atomic mass is 10.1. The molecule has 51 heavy (non-hydrogen) atoms. The zero-order valence-electron chi connectivity index (χ0n) is 27.2. The summed E-state index contributed by atoms with van der Waals surface area (Å²) in [5.74, 6) is -3.06. The fourth-order valence-electron chi connectivity index (χ4n) is 4.03. The van der Waals surface area contributed by atoms with Gasteiger partial charge in [0.2, 0.25) is 5.95 Å². The number of alkyl halides is 3. The molecule has 4 rings (SSSR count). The van der Waals surface area contributed by atoms with E-state index in [-0.39, 0.29) is 39.6 Å². The largest absolute Gasteiger partial charge is 0.478 e. The van der Waals surface area contributed by atoms with E-state index in [4.69, 9.17) is 26.2 Å². The van der Waals surface area contributed by atoms with Gasteiger partial charge in [0, 0.05) is 19.7 Å². The molecule has 274 valence electrons. The lowest BCUT2D eigenvalue weighted by Crippen LogP contribution is -2.42. The van der Waals surface area contributed by atoms with Crippen LogP contribution in [0.25, 0.3) is 11.3 Å². The Morgan fingerprint density at radius 1 is 1.10 bits per heavy atom. The molecule has 0 atom stereocenters. The summed E-state index contributed by atoms with van der Waals surface area (Å²) in [6.45, 7) is 4.77. The maximum Gasteiger partial charge on any atom is 0.434 e. The van der Waals surface area contributed by atoms with E-state index in [0.29, 0.717) is 4.68 Å². The maximum atomic E-state index is 14.3. The van der Waals surface area contributed by atoms with Crippen molar-refractivity contribution in [1.29, 1.82) is 0 Å². The van der Waals surface area contributed by atoms with Crippen molar-refractivity contribution in [3.8, 4) is 17.3 Å². The average molecular weight is 825 g/mol. The summed E-state index contributed by atoms with van der Waals surface area (Å²) < 4.78 is 90.1. The third kappa shape index (κ3) is 9.67. The van der Waals surface area contributed by atoms with Crippen molar-refractivity contribution >= 4 is 61.5 Å². The first-order valence-electron chi connectivity index (χ1n) is 14.0. The van der Waals surface area contributed by atoms with Crippen LogP contribution in [-0.2, 0) is 28.0 Å². The number of urea groups is 1. The predicted octanol–water partition coefficient (Wildman–Crippen LogP) is 5.65. The second-order valence-corrected chi connectivity index (χ2v) is 13.2. The molecule has 2 aromatic carbocycles. The van der Waals surface area contributed by atoms with Gasteiger partial charge in [0.15, 0.2) is 5.69 Å². The Bertz CT molecular complexity index is 2100. The highest BCUT2D eigenvalue weighted by Gasteiger charge is 2.39. The zero-order chi connectivity index (χ0) is 38.6. The molecule has 0 saturated carbocycles. The minimum Gasteiger partial charge on any atom is -0.478 e. The maximum absolute atomic E-state index is 14.3. The van der Waals surface area contributed by atoms with Gasteiger partial charge in [0.05, 0.1) is 33.8 Å². The number of amides is 2. The van der Waals surface area contributed by atoms with Crippen molar-refractivity contribution in [3.05, 3.63) is 74.4 Å². The molecule has 0 radical (unpaired) electrons. The molecule has 2 N–H and O–H groups in total. The van der Waals surface area contributed by atoms with Crippen LogP contribution in [0.1, 0.15) is 46.1 Å². The number of methoxy groups -OCH3 is 1. The number of halogens is 6. The molecule has 0 bridgehead atoms. The number of carbonyl (C=O) groups is 3. The second kappa shape index (κ2) is 16.0. The molecule has 0 saturated heterocycles. The highest BCUT2D eigenvalue weighted by molar-refractivity contribution is 9.10. The molecule has 2 aromatic heterocycles. The van der Waals surface area contributed by atoms with Gasteiger partial charge in [-0.15, -0.1) is 0 Å². The Morgan fingerprint density at radius 2 is 1.73 bits per heavy atom. The van der Waals surface area contributed by atoms with E-state index < -0.39 is 66.7 Å². The van der Waals surface area contributed by atoms with Gasteiger partial charge in [-0.1, -0.05) is 23.7 Å². The van der Waals surface area contributed by atoms with Crippen LogP contribution in [0.15, 0.2) is 45.8 Å². The van der Waals surface area contributed by atoms with Crippen LogP contribution in [0.4, 0.5) is 28.3 Å². The van der Waals surface area contributed by atoms with E-state index in [0.717, 1.165) is 36.2 Å². The van der Waals surface area contributed by atoms with Crippen LogP contribution in [0.3, 0.4) is 0 Å². The van der Waals surface area contributed by atoms with E-state index in [9.17, 15) is 40.4 Å². The minimum absolute atomic E-state index is 0.0498. The molecule has 2 amide bonds. The number of aromatic carboxylic acids is 1. The summed E-state index contributed by atoms with van der Waals surface area (Å²) in [6.07, 6.45) is -5.14. The zero-order valence-corrected chi connectivity index (χ0v) is 30.4. The van der Waals surface area contributed by atoms with Crippen molar-refractivity contribution in [2.45, 2.75) is 37.9 Å². The summed E-state index contributed by atoms with van der Waals surface area (Å²) in [5, 5.41) is 12.6. The Balaban J connectivity index is 0.000000276. The fraction of sp³-hybridized carbons (Fsp3) is 0.276. The van der Waals surface area contributed by atoms with Gasteiger partial charge in [0.1, 0.15) is 22.2 Å². The van der Waals surface area contributed by atoms with Crippen LogP contribution in [-0.4, -0.2) is 76.5 Å². The number of carboxylic acid groups (broad SMARTS) is 1. The number of benzene rings is 2. The first-order chi connectivity index (χ1) is 23.6. The van der Waals surface area contributed by atoms with Crippen molar-refractivity contribution in [2.75, 3.05) is 19.1 Å². The molecule has 0 unspecified atom stereocenters. The van der Waals surface area contributed by atoms with Crippen LogP contribution < -0.4 is 14.4 Å². The smallest absolute Gasteiger partial charge is 0.434 e. The summed E-state index contributed by atoms with van der Waals surface area (Å²) in [5.41, 5.74) is -2.32. The topological polar surface area (TPSA) is 196 Å². The number of hydrogen-bond donors (Lipinski definition) is 2. The number of nitrogens with zero attached hydrogens (tertiary/aromatic N) is 6. The van der Waals surface area contributed by atoms with Gasteiger partial charge < -0.3 is 14.6 Å². The van der Waals surface area contributed by atoms with Gasteiger partial charge in [0.25, 0.3) is 10.0 Å². The molecule has 2 heterocycles. The molecular weight excluding hydrogens is 798 g/mol. The molecule has 0 aliphatic rings. The molecular formula is C29H27BrClF4N7O8S. The van der Waals surface area contributed by atoms with Crippen molar-refractivity contribution in [1.82, 2.24) is 29.5 Å². The molecule has 22 heteroatoms. The van der Waals surface area contributed by atoms with E-state index in [1.807, 2.05) is 0 Å². The lowest BCUT2D eigenvalue weighted by Gasteiger charge is -2.17. The third-order valence-corrected chi connectivity index (χ3v) is 8.71. The second-order valence-electron chi connectivity index (χ2n) is 10.3. The van der Waals surface area contributed by atoms with Crippen LogP contribution in [0, 0.1) is 12.7 Å². The molecule has 0 fully saturated rings. The number of aromatic nitrogens is 5. The van der Waals surface area contributed by atoms with Crippen molar-refractivity contribution in [2.24, 2.45) is 7.05 Å². The third-order valence-electron chi connectivity index (χ3n) is 6.26. The monoisotopic (exact) mass is 823 g/mol. The van der Waals surface area contributed by atoms with Crippen molar-refractivity contribution in [3.63, 3.8) is 0 Å². The number of hydrogen-bond acceptors (Lipinski definition) is 11. The van der Waals surface area contributed by atoms with Crippen LogP contribution in [0.2, 0.25) is 5.02 Å². The quantitative estimate of drug-likeness (QED) is 0.164.